The number of alkyl halides is 3. The van der Waals surface area contributed by atoms with Crippen LogP contribution in [0.2, 0.25) is 0 Å². The zero-order valence-electron chi connectivity index (χ0n) is 9.84. The van der Waals surface area contributed by atoms with E-state index >= 15 is 0 Å². The molecule has 0 aliphatic carbocycles. The topological polar surface area (TPSA) is 12.0 Å². The molecule has 1 aromatic rings. The van der Waals surface area contributed by atoms with Crippen LogP contribution < -0.4 is 4.72 Å². The van der Waals surface area contributed by atoms with Gasteiger partial charge in [-0.15, -0.1) is 0 Å². The van der Waals surface area contributed by atoms with E-state index in [1.165, 1.54) is 12.1 Å². The van der Waals surface area contributed by atoms with Crippen LogP contribution in [0.1, 0.15) is 25.8 Å². The molecular formula is C12H16F3NS. The van der Waals surface area contributed by atoms with Crippen molar-refractivity contribution in [2.24, 2.45) is 5.92 Å². The van der Waals surface area contributed by atoms with Crippen LogP contribution >= 0.6 is 11.9 Å². The van der Waals surface area contributed by atoms with Gasteiger partial charge in [-0.3, -0.25) is 4.72 Å². The predicted octanol–water partition coefficient (Wildman–Crippen LogP) is 4.35. The van der Waals surface area contributed by atoms with Crippen molar-refractivity contribution in [3.05, 3.63) is 29.8 Å². The highest BCUT2D eigenvalue weighted by atomic mass is 32.2. The molecule has 1 rings (SSSR count). The highest BCUT2D eigenvalue weighted by Gasteiger charge is 2.33. The van der Waals surface area contributed by atoms with E-state index in [4.69, 9.17) is 0 Å². The molecule has 1 aromatic carbocycles. The number of nitrogens with one attached hydrogen (secondary N) is 1. The molecule has 0 aliphatic rings. The van der Waals surface area contributed by atoms with Gasteiger partial charge in [0.2, 0.25) is 0 Å². The van der Waals surface area contributed by atoms with Crippen molar-refractivity contribution >= 4 is 11.9 Å². The second-order valence-electron chi connectivity index (χ2n) is 4.17. The molecule has 0 spiro atoms. The first-order chi connectivity index (χ1) is 7.91. The Morgan fingerprint density at radius 2 is 1.88 bits per heavy atom. The second kappa shape index (κ2) is 6.31. The van der Waals surface area contributed by atoms with E-state index < -0.39 is 11.7 Å². The van der Waals surface area contributed by atoms with E-state index in [0.29, 0.717) is 12.5 Å². The largest absolute Gasteiger partial charge is 0.417 e. The Bertz CT molecular complexity index is 350. The zero-order chi connectivity index (χ0) is 12.9. The summed E-state index contributed by atoms with van der Waals surface area (Å²) in [6, 6.07) is 5.60. The van der Waals surface area contributed by atoms with E-state index in [1.807, 2.05) is 0 Å². The molecule has 96 valence electrons. The normalized spacial score (nSPS) is 12.1. The summed E-state index contributed by atoms with van der Waals surface area (Å²) < 4.78 is 40.9. The Morgan fingerprint density at radius 3 is 2.47 bits per heavy atom. The molecule has 0 unspecified atom stereocenters. The summed E-state index contributed by atoms with van der Waals surface area (Å²) in [7, 11) is 0. The number of halogens is 3. The molecule has 0 bridgehead atoms. The lowest BCUT2D eigenvalue weighted by molar-refractivity contribution is -0.139. The fraction of sp³-hybridized carbons (Fsp3) is 0.500. The fourth-order valence-electron chi connectivity index (χ4n) is 1.27. The van der Waals surface area contributed by atoms with Crippen LogP contribution in [0.5, 0.6) is 0 Å². The van der Waals surface area contributed by atoms with Gasteiger partial charge in [-0.2, -0.15) is 13.2 Å². The maximum absolute atomic E-state index is 12.6. The van der Waals surface area contributed by atoms with Crippen molar-refractivity contribution in [3.63, 3.8) is 0 Å². The molecule has 0 amide bonds. The summed E-state index contributed by atoms with van der Waals surface area (Å²) in [5, 5.41) is 0. The van der Waals surface area contributed by atoms with Crippen molar-refractivity contribution in [2.75, 3.05) is 6.54 Å². The summed E-state index contributed by atoms with van der Waals surface area (Å²) in [5.41, 5.74) is -0.581. The van der Waals surface area contributed by atoms with Crippen LogP contribution in [0.25, 0.3) is 0 Å². The quantitative estimate of drug-likeness (QED) is 0.626. The molecular weight excluding hydrogens is 247 g/mol. The molecule has 0 atom stereocenters. The Hall–Kier alpha value is -0.680. The van der Waals surface area contributed by atoms with Crippen molar-refractivity contribution in [3.8, 4) is 0 Å². The molecule has 1 nitrogen and oxygen atoms in total. The first-order valence-corrected chi connectivity index (χ1v) is 6.29. The van der Waals surface area contributed by atoms with E-state index in [0.717, 1.165) is 24.4 Å². The van der Waals surface area contributed by atoms with Gasteiger partial charge < -0.3 is 0 Å². The van der Waals surface area contributed by atoms with Crippen LogP contribution in [0.3, 0.4) is 0 Å². The van der Waals surface area contributed by atoms with Gasteiger partial charge in [0.15, 0.2) is 0 Å². The van der Waals surface area contributed by atoms with Gasteiger partial charge in [0, 0.05) is 11.4 Å². The van der Waals surface area contributed by atoms with Crippen molar-refractivity contribution in [1.82, 2.24) is 4.72 Å². The lowest BCUT2D eigenvalue weighted by atomic mass is 10.1. The highest BCUT2D eigenvalue weighted by molar-refractivity contribution is 7.97. The third-order valence-corrected chi connectivity index (χ3v) is 3.12. The lowest BCUT2D eigenvalue weighted by Crippen LogP contribution is -2.11. The summed E-state index contributed by atoms with van der Waals surface area (Å²) in [4.78, 5) is 0.226. The SMILES string of the molecule is CC(C)CCNSc1ccccc1C(F)(F)F. The highest BCUT2D eigenvalue weighted by Crippen LogP contribution is 2.35. The summed E-state index contributed by atoms with van der Waals surface area (Å²) in [6.45, 7) is 4.86. The summed E-state index contributed by atoms with van der Waals surface area (Å²) in [6.07, 6.45) is -3.34. The molecule has 0 saturated carbocycles. The average molecular weight is 263 g/mol. The van der Waals surface area contributed by atoms with Crippen LogP contribution in [0, 0.1) is 5.92 Å². The number of rotatable bonds is 5. The molecule has 0 fully saturated rings. The molecule has 0 radical (unpaired) electrons. The number of hydrogen-bond donors (Lipinski definition) is 1. The number of hydrogen-bond acceptors (Lipinski definition) is 2. The maximum Gasteiger partial charge on any atom is 0.417 e. The predicted molar refractivity (Wildman–Crippen MR) is 64.8 cm³/mol. The molecule has 1 N–H and O–H groups in total. The molecule has 5 heteroatoms. The van der Waals surface area contributed by atoms with Crippen molar-refractivity contribution in [2.45, 2.75) is 31.3 Å². The van der Waals surface area contributed by atoms with Crippen LogP contribution in [-0.4, -0.2) is 6.54 Å². The Balaban J connectivity index is 2.59. The third-order valence-electron chi connectivity index (χ3n) is 2.20. The minimum atomic E-state index is -4.29. The summed E-state index contributed by atoms with van der Waals surface area (Å²) in [5.74, 6) is 0.543. The van der Waals surface area contributed by atoms with Gasteiger partial charge in [0.1, 0.15) is 0 Å². The standard InChI is InChI=1S/C12H16F3NS/c1-9(2)7-8-16-17-11-6-4-3-5-10(11)12(13,14)15/h3-6,9,16H,7-8H2,1-2H3. The Labute approximate surface area is 104 Å². The minimum Gasteiger partial charge on any atom is -0.260 e. The molecule has 0 heterocycles. The van der Waals surface area contributed by atoms with Gasteiger partial charge in [-0.05, 0) is 36.4 Å². The van der Waals surface area contributed by atoms with E-state index in [1.54, 1.807) is 6.07 Å². The van der Waals surface area contributed by atoms with Crippen LogP contribution in [0.15, 0.2) is 29.2 Å². The van der Waals surface area contributed by atoms with Gasteiger partial charge in [0.25, 0.3) is 0 Å². The maximum atomic E-state index is 12.6. The Kier molecular flexibility index (Phi) is 5.33. The molecule has 0 saturated heterocycles. The van der Waals surface area contributed by atoms with Crippen molar-refractivity contribution < 1.29 is 13.2 Å². The van der Waals surface area contributed by atoms with Gasteiger partial charge in [-0.1, -0.05) is 26.0 Å². The fourth-order valence-corrected chi connectivity index (χ4v) is 2.08. The van der Waals surface area contributed by atoms with E-state index in [-0.39, 0.29) is 4.90 Å². The van der Waals surface area contributed by atoms with Gasteiger partial charge in [-0.25, -0.2) is 0 Å². The minimum absolute atomic E-state index is 0.226. The summed E-state index contributed by atoms with van der Waals surface area (Å²) >= 11 is 1.05. The molecule has 0 aliphatic heterocycles. The average Bonchev–Trinajstić information content (AvgIpc) is 2.23. The van der Waals surface area contributed by atoms with Gasteiger partial charge in [0.05, 0.1) is 5.56 Å². The second-order valence-corrected chi connectivity index (χ2v) is 5.11. The first-order valence-electron chi connectivity index (χ1n) is 5.47. The van der Waals surface area contributed by atoms with E-state index in [9.17, 15) is 13.2 Å². The van der Waals surface area contributed by atoms with Crippen LogP contribution in [0.4, 0.5) is 13.2 Å². The van der Waals surface area contributed by atoms with Crippen LogP contribution in [-0.2, 0) is 6.18 Å². The third kappa shape index (κ3) is 5.00. The Morgan fingerprint density at radius 1 is 1.24 bits per heavy atom. The zero-order valence-corrected chi connectivity index (χ0v) is 10.7. The van der Waals surface area contributed by atoms with Gasteiger partial charge >= 0.3 is 6.18 Å². The monoisotopic (exact) mass is 263 g/mol. The first kappa shape index (κ1) is 14.4. The lowest BCUT2D eigenvalue weighted by Gasteiger charge is -2.12. The van der Waals surface area contributed by atoms with Crippen molar-refractivity contribution in [1.29, 1.82) is 0 Å². The van der Waals surface area contributed by atoms with E-state index in [2.05, 4.69) is 18.6 Å². The number of benzene rings is 1. The molecule has 17 heavy (non-hydrogen) atoms. The smallest absolute Gasteiger partial charge is 0.260 e. The molecule has 0 aromatic heterocycles.